The Balaban J connectivity index is 0.000000699. The molecule has 55 heavy (non-hydrogen) atoms. The fourth-order valence-electron chi connectivity index (χ4n) is 5.88. The third-order valence-corrected chi connectivity index (χ3v) is 8.19. The van der Waals surface area contributed by atoms with Crippen molar-refractivity contribution >= 4 is 44.6 Å². The summed E-state index contributed by atoms with van der Waals surface area (Å²) in [5.74, 6) is 0. The number of anilines is 4. The molecule has 0 spiro atoms. The van der Waals surface area contributed by atoms with E-state index in [2.05, 4.69) is 181 Å². The molecule has 8 rings (SSSR count). The Morgan fingerprint density at radius 3 is 1.02 bits per heavy atom. The van der Waals surface area contributed by atoms with Crippen LogP contribution in [0.15, 0.2) is 158 Å². The topological polar surface area (TPSA) is 11.4 Å². The summed E-state index contributed by atoms with van der Waals surface area (Å²) in [4.78, 5) is 4.44. The lowest BCUT2D eigenvalue weighted by atomic mass is 9.96. The zero-order valence-corrected chi connectivity index (χ0v) is 37.1. The van der Waals surface area contributed by atoms with Crippen molar-refractivity contribution < 1.29 is 0 Å². The predicted octanol–water partition coefficient (Wildman–Crippen LogP) is 16.3. The van der Waals surface area contributed by atoms with E-state index in [1.807, 2.05) is 95.2 Å². The van der Waals surface area contributed by atoms with Gasteiger partial charge in [0.25, 0.3) is 0 Å². The number of rotatable bonds is 2. The monoisotopic (exact) mass is 740 g/mol. The first-order chi connectivity index (χ1) is 27.1. The van der Waals surface area contributed by atoms with Crippen molar-refractivity contribution in [2.45, 2.75) is 89.5 Å². The summed E-state index contributed by atoms with van der Waals surface area (Å²) in [6.45, 7) is 24.0. The number of benzene rings is 6. The van der Waals surface area contributed by atoms with Gasteiger partial charge in [0.05, 0.1) is 0 Å². The number of aryl methyl sites for hydroxylation is 1. The van der Waals surface area contributed by atoms with Gasteiger partial charge in [0.15, 0.2) is 0 Å². The van der Waals surface area contributed by atoms with E-state index >= 15 is 0 Å². The summed E-state index contributed by atoms with van der Waals surface area (Å²) in [6.07, 6.45) is 1.05. The molecule has 0 atom stereocenters. The average molecular weight is 740 g/mol. The lowest BCUT2D eigenvalue weighted by Gasteiger charge is -2.29. The van der Waals surface area contributed by atoms with Crippen molar-refractivity contribution in [3.8, 4) is 0 Å². The van der Waals surface area contributed by atoms with Crippen molar-refractivity contribution in [3.63, 3.8) is 0 Å². The molecule has 1 aliphatic heterocycles. The highest BCUT2D eigenvalue weighted by molar-refractivity contribution is 6.07. The van der Waals surface area contributed by atoms with E-state index in [0.29, 0.717) is 0 Å². The molecule has 0 saturated carbocycles. The van der Waals surface area contributed by atoms with Crippen LogP contribution in [0.2, 0.25) is 0 Å². The third-order valence-electron chi connectivity index (χ3n) is 8.19. The molecule has 296 valence electrons. The summed E-state index contributed by atoms with van der Waals surface area (Å²) in [5, 5.41) is 2.68. The number of fused-ring (bicyclic) bond motifs is 5. The maximum Gasteiger partial charge on any atom is 0.0488 e. The second kappa shape index (κ2) is 30.1. The minimum absolute atomic E-state index is 1.05. The lowest BCUT2D eigenvalue weighted by Crippen LogP contribution is -2.18. The van der Waals surface area contributed by atoms with Crippen molar-refractivity contribution in [2.24, 2.45) is 7.05 Å². The first-order valence-electron chi connectivity index (χ1n) is 20.8. The lowest BCUT2D eigenvalue weighted by molar-refractivity contribution is 1.01. The molecule has 0 amide bonds. The maximum atomic E-state index is 2.27. The van der Waals surface area contributed by atoms with Crippen LogP contribution < -0.4 is 9.80 Å². The normalized spacial score (nSPS) is 9.62. The minimum Gasteiger partial charge on any atom is -0.345 e. The molecule has 0 aliphatic carbocycles. The first kappa shape index (κ1) is 49.7. The van der Waals surface area contributed by atoms with Crippen LogP contribution in [-0.2, 0) is 13.5 Å². The molecule has 0 radical (unpaired) electrons. The summed E-state index contributed by atoms with van der Waals surface area (Å²) in [5.41, 5.74) is 10.5. The van der Waals surface area contributed by atoms with Crippen LogP contribution in [0.25, 0.3) is 21.8 Å². The van der Waals surface area contributed by atoms with Crippen LogP contribution in [0.3, 0.4) is 0 Å². The second-order valence-corrected chi connectivity index (χ2v) is 10.8. The van der Waals surface area contributed by atoms with Crippen LogP contribution in [-0.4, -0.2) is 18.7 Å². The third kappa shape index (κ3) is 14.1. The Morgan fingerprint density at radius 1 is 0.364 bits per heavy atom. The number of para-hydroxylation sites is 6. The van der Waals surface area contributed by atoms with Crippen LogP contribution in [0.4, 0.5) is 22.7 Å². The van der Waals surface area contributed by atoms with Gasteiger partial charge in [-0.3, -0.25) is 0 Å². The largest absolute Gasteiger partial charge is 0.345 e. The number of hydrogen-bond acceptors (Lipinski definition) is 2. The standard InChI is InChI=1S/C14H13N.C13H11N.C13H13N.6C2H6/c1-15-13-8-4-2-6-11(13)10-12-7-3-5-9-14(12)15;1-14-12-8-4-2-6-10(12)11-7-3-5-9-13(11)14;1-14(12-8-4-2-5-9-12)13-10-6-3-7-11-13;6*1-2/h2-9H,10H2,1H3;2-9H,1H3;2-11H,1H3;6*1-2H3. The van der Waals surface area contributed by atoms with Gasteiger partial charge in [-0.05, 0) is 59.7 Å². The number of aromatic nitrogens is 1. The highest BCUT2D eigenvalue weighted by Gasteiger charge is 2.18. The molecule has 0 unspecified atom stereocenters. The molecular weight excluding hydrogens is 667 g/mol. The van der Waals surface area contributed by atoms with Gasteiger partial charge in [0, 0.05) is 72.1 Å². The zero-order valence-electron chi connectivity index (χ0n) is 37.1. The molecule has 3 nitrogen and oxygen atoms in total. The van der Waals surface area contributed by atoms with Crippen LogP contribution in [0.5, 0.6) is 0 Å². The van der Waals surface area contributed by atoms with Crippen molar-refractivity contribution in [1.29, 1.82) is 0 Å². The summed E-state index contributed by atoms with van der Waals surface area (Å²) >= 11 is 0. The quantitative estimate of drug-likeness (QED) is 0.175. The van der Waals surface area contributed by atoms with Gasteiger partial charge < -0.3 is 14.4 Å². The highest BCUT2D eigenvalue weighted by Crippen LogP contribution is 2.36. The maximum absolute atomic E-state index is 2.27. The highest BCUT2D eigenvalue weighted by atomic mass is 15.1. The summed E-state index contributed by atoms with van der Waals surface area (Å²) in [6, 6.07) is 54.9. The molecule has 0 N–H and O–H groups in total. The van der Waals surface area contributed by atoms with Crippen LogP contribution in [0, 0.1) is 0 Å². The Hall–Kier alpha value is -5.28. The van der Waals surface area contributed by atoms with Gasteiger partial charge in [0.2, 0.25) is 0 Å². The molecule has 1 aliphatic rings. The molecule has 7 aromatic rings. The fraction of sp³-hybridized carbons (Fsp3) is 0.308. The second-order valence-electron chi connectivity index (χ2n) is 10.8. The van der Waals surface area contributed by atoms with Crippen LogP contribution >= 0.6 is 0 Å². The molecular formula is C52H73N3. The van der Waals surface area contributed by atoms with Gasteiger partial charge in [-0.1, -0.05) is 192 Å². The van der Waals surface area contributed by atoms with E-state index in [-0.39, 0.29) is 0 Å². The van der Waals surface area contributed by atoms with Gasteiger partial charge >= 0.3 is 0 Å². The zero-order chi connectivity index (χ0) is 41.6. The van der Waals surface area contributed by atoms with Gasteiger partial charge in [-0.15, -0.1) is 0 Å². The molecule has 1 aromatic heterocycles. The van der Waals surface area contributed by atoms with E-state index in [9.17, 15) is 0 Å². The molecule has 6 aromatic carbocycles. The van der Waals surface area contributed by atoms with Crippen LogP contribution in [0.1, 0.15) is 94.2 Å². The Kier molecular flexibility index (Phi) is 27.2. The predicted molar refractivity (Wildman–Crippen MR) is 253 cm³/mol. The SMILES string of the molecule is CC.CC.CC.CC.CC.CC.CN(c1ccccc1)c1ccccc1.CN1c2ccccc2Cc2ccccc21.Cn1c2ccccc2c2ccccc21. The molecule has 0 fully saturated rings. The number of hydrogen-bond donors (Lipinski definition) is 0. The Bertz CT molecular complexity index is 1800. The minimum atomic E-state index is 1.05. The van der Waals surface area contributed by atoms with E-state index in [1.165, 1.54) is 55.7 Å². The smallest absolute Gasteiger partial charge is 0.0488 e. The first-order valence-corrected chi connectivity index (χ1v) is 20.8. The van der Waals surface area contributed by atoms with Gasteiger partial charge in [0.1, 0.15) is 0 Å². The molecule has 2 heterocycles. The molecule has 0 saturated heterocycles. The van der Waals surface area contributed by atoms with Crippen molar-refractivity contribution in [2.75, 3.05) is 23.9 Å². The van der Waals surface area contributed by atoms with Crippen molar-refractivity contribution in [3.05, 3.63) is 169 Å². The molecule has 0 bridgehead atoms. The van der Waals surface area contributed by atoms with E-state index in [0.717, 1.165) is 6.42 Å². The number of nitrogens with zero attached hydrogens (tertiary/aromatic N) is 3. The Labute approximate surface area is 337 Å². The van der Waals surface area contributed by atoms with E-state index in [4.69, 9.17) is 0 Å². The Morgan fingerprint density at radius 2 is 0.655 bits per heavy atom. The van der Waals surface area contributed by atoms with Gasteiger partial charge in [-0.2, -0.15) is 0 Å². The summed E-state index contributed by atoms with van der Waals surface area (Å²) in [7, 11) is 6.33. The van der Waals surface area contributed by atoms with Crippen molar-refractivity contribution in [1.82, 2.24) is 4.57 Å². The molecule has 3 heteroatoms. The summed E-state index contributed by atoms with van der Waals surface area (Å²) < 4.78 is 2.24. The van der Waals surface area contributed by atoms with E-state index < -0.39 is 0 Å². The van der Waals surface area contributed by atoms with E-state index in [1.54, 1.807) is 0 Å². The van der Waals surface area contributed by atoms with Gasteiger partial charge in [-0.25, -0.2) is 0 Å². The fourth-order valence-corrected chi connectivity index (χ4v) is 5.88. The average Bonchev–Trinajstić information content (AvgIpc) is 3.60.